The lowest BCUT2D eigenvalue weighted by Gasteiger charge is -2.24. The molecule has 1 aliphatic heterocycles. The number of aliphatic hydroxyl groups excluding tert-OH is 1. The van der Waals surface area contributed by atoms with Crippen LogP contribution in [0.1, 0.15) is 39.5 Å². The molecule has 37 heavy (non-hydrogen) atoms. The van der Waals surface area contributed by atoms with E-state index in [2.05, 4.69) is 26.6 Å². The summed E-state index contributed by atoms with van der Waals surface area (Å²) in [5, 5.41) is 22.3. The summed E-state index contributed by atoms with van der Waals surface area (Å²) in [5.74, 6) is -3.47. The van der Waals surface area contributed by atoms with Crippen molar-refractivity contribution in [2.45, 2.75) is 45.6 Å². The van der Waals surface area contributed by atoms with Crippen LogP contribution in [0.5, 0.6) is 0 Å². The van der Waals surface area contributed by atoms with E-state index in [1.807, 2.05) is 0 Å². The quantitative estimate of drug-likeness (QED) is 0.0545. The van der Waals surface area contributed by atoms with Gasteiger partial charge < -0.3 is 37.4 Å². The molecule has 0 radical (unpaired) electrons. The number of unbranched alkanes of at least 4 members (excludes halogenated alkanes) is 1. The fourth-order valence-corrected chi connectivity index (χ4v) is 3.26. The van der Waals surface area contributed by atoms with Gasteiger partial charge in [0.05, 0.1) is 6.54 Å². The first-order chi connectivity index (χ1) is 17.5. The van der Waals surface area contributed by atoms with Crippen molar-refractivity contribution >= 4 is 35.4 Å². The second-order valence-corrected chi connectivity index (χ2v) is 9.10. The Hall–Kier alpha value is -3.36. The van der Waals surface area contributed by atoms with Crippen molar-refractivity contribution in [2.24, 2.45) is 11.1 Å². The maximum Gasteiger partial charge on any atom is 0.254 e. The third-order valence-corrected chi connectivity index (χ3v) is 5.59. The average molecular weight is 526 g/mol. The van der Waals surface area contributed by atoms with Gasteiger partial charge in [0.25, 0.3) is 11.8 Å². The van der Waals surface area contributed by atoms with Gasteiger partial charge in [-0.15, -0.1) is 0 Å². The summed E-state index contributed by atoms with van der Waals surface area (Å²) < 4.78 is 0. The maximum atomic E-state index is 12.7. The van der Waals surface area contributed by atoms with Gasteiger partial charge in [0.1, 0.15) is 12.6 Å². The molecule has 0 spiro atoms. The van der Waals surface area contributed by atoms with Gasteiger partial charge in [-0.25, -0.2) is 0 Å². The second-order valence-electron chi connectivity index (χ2n) is 9.10. The summed E-state index contributed by atoms with van der Waals surface area (Å²) in [4.78, 5) is 73.8. The average Bonchev–Trinajstić information content (AvgIpc) is 3.15. The lowest BCUT2D eigenvalue weighted by atomic mass is 9.88. The largest absolute Gasteiger partial charge is 0.396 e. The molecule has 14 heteroatoms. The van der Waals surface area contributed by atoms with Crippen LogP contribution in [-0.2, 0) is 28.8 Å². The molecule has 0 aromatic carbocycles. The van der Waals surface area contributed by atoms with E-state index < -0.39 is 47.5 Å². The normalized spacial score (nSPS) is 13.9. The Labute approximate surface area is 216 Å². The molecule has 6 amide bonds. The number of hydrogen-bond acceptors (Lipinski definition) is 9. The molecule has 0 saturated carbocycles. The zero-order valence-corrected chi connectivity index (χ0v) is 21.4. The van der Waals surface area contributed by atoms with E-state index in [1.165, 1.54) is 0 Å². The van der Waals surface area contributed by atoms with Crippen molar-refractivity contribution in [1.29, 1.82) is 0 Å². The smallest absolute Gasteiger partial charge is 0.254 e. The maximum absolute atomic E-state index is 12.7. The molecule has 14 nitrogen and oxygen atoms in total. The molecule has 0 aromatic rings. The molecule has 1 aliphatic rings. The number of carbonyl (C=O) groups is 6. The van der Waals surface area contributed by atoms with Crippen LogP contribution < -0.4 is 32.3 Å². The highest BCUT2D eigenvalue weighted by atomic mass is 16.3. The van der Waals surface area contributed by atoms with Crippen LogP contribution >= 0.6 is 0 Å². The first-order valence-electron chi connectivity index (χ1n) is 12.2. The van der Waals surface area contributed by atoms with E-state index in [0.717, 1.165) is 36.4 Å². The number of rotatable bonds is 18. The van der Waals surface area contributed by atoms with Crippen LogP contribution in [0.25, 0.3) is 0 Å². The fourth-order valence-electron chi connectivity index (χ4n) is 3.26. The van der Waals surface area contributed by atoms with Gasteiger partial charge in [-0.05, 0) is 32.2 Å². The summed E-state index contributed by atoms with van der Waals surface area (Å²) in [6, 6.07) is -1.15. The molecule has 8 N–H and O–H groups in total. The van der Waals surface area contributed by atoms with Gasteiger partial charge in [0, 0.05) is 43.9 Å². The number of nitrogens with two attached hydrogens (primary N) is 1. The van der Waals surface area contributed by atoms with Gasteiger partial charge in [-0.3, -0.25) is 33.7 Å². The van der Waals surface area contributed by atoms with Crippen molar-refractivity contribution in [3.8, 4) is 0 Å². The van der Waals surface area contributed by atoms with Gasteiger partial charge in [0.15, 0.2) is 0 Å². The Morgan fingerprint density at radius 3 is 2.24 bits per heavy atom. The highest BCUT2D eigenvalue weighted by molar-refractivity contribution is 6.14. The van der Waals surface area contributed by atoms with Crippen molar-refractivity contribution < 1.29 is 33.9 Å². The minimum atomic E-state index is -1.15. The number of amides is 6. The first kappa shape index (κ1) is 31.7. The van der Waals surface area contributed by atoms with Gasteiger partial charge in [0.2, 0.25) is 23.6 Å². The Morgan fingerprint density at radius 2 is 1.62 bits per heavy atom. The number of nitrogens with one attached hydrogen (secondary N) is 5. The van der Waals surface area contributed by atoms with E-state index in [-0.39, 0.29) is 38.4 Å². The van der Waals surface area contributed by atoms with Crippen molar-refractivity contribution in [2.75, 3.05) is 46.0 Å². The van der Waals surface area contributed by atoms with Crippen LogP contribution in [0.3, 0.4) is 0 Å². The van der Waals surface area contributed by atoms with Gasteiger partial charge in [-0.2, -0.15) is 0 Å². The standard InChI is InChI=1S/C23H39N7O7/c1-23(2,8-12-31)22(37)27-11-7-16(29-18(33)14-30-19(34)5-6-20(30)35)21(36)28-13-17(32)26-10-4-3-9-25-15-24/h5-6,16,25,31H,3-4,7-15,24H2,1-2H3,(H,26,32)(H,27,37)(H,28,36)(H,29,33). The summed E-state index contributed by atoms with van der Waals surface area (Å²) >= 11 is 0. The molecular weight excluding hydrogens is 486 g/mol. The number of hydrogen-bond donors (Lipinski definition) is 7. The first-order valence-corrected chi connectivity index (χ1v) is 12.2. The monoisotopic (exact) mass is 525 g/mol. The Kier molecular flexibility index (Phi) is 14.0. The Morgan fingerprint density at radius 1 is 0.973 bits per heavy atom. The van der Waals surface area contributed by atoms with E-state index >= 15 is 0 Å². The molecule has 1 heterocycles. The molecule has 0 fully saturated rings. The van der Waals surface area contributed by atoms with Crippen molar-refractivity contribution in [1.82, 2.24) is 31.5 Å². The van der Waals surface area contributed by atoms with E-state index in [9.17, 15) is 28.8 Å². The van der Waals surface area contributed by atoms with Crippen molar-refractivity contribution in [3.63, 3.8) is 0 Å². The van der Waals surface area contributed by atoms with Gasteiger partial charge in [-0.1, -0.05) is 13.8 Å². The SMILES string of the molecule is CC(C)(CCO)C(=O)NCCC(NC(=O)CN1C(=O)C=CC1=O)C(=O)NCC(=O)NCCCCNCN. The van der Waals surface area contributed by atoms with Crippen LogP contribution in [-0.4, -0.2) is 97.5 Å². The molecule has 0 bridgehead atoms. The minimum Gasteiger partial charge on any atom is -0.396 e. The third kappa shape index (κ3) is 11.9. The molecule has 208 valence electrons. The van der Waals surface area contributed by atoms with Crippen LogP contribution in [0, 0.1) is 5.41 Å². The van der Waals surface area contributed by atoms with Crippen LogP contribution in [0.4, 0.5) is 0 Å². The number of carbonyl (C=O) groups excluding carboxylic acids is 6. The molecule has 0 aromatic heterocycles. The van der Waals surface area contributed by atoms with E-state index in [1.54, 1.807) is 13.8 Å². The third-order valence-electron chi connectivity index (χ3n) is 5.59. The Bertz CT molecular complexity index is 842. The molecule has 0 aliphatic carbocycles. The predicted octanol–water partition coefficient (Wildman–Crippen LogP) is -3.17. The lowest BCUT2D eigenvalue weighted by molar-refractivity contribution is -0.141. The summed E-state index contributed by atoms with van der Waals surface area (Å²) in [6.45, 7) is 3.79. The lowest BCUT2D eigenvalue weighted by Crippen LogP contribution is -2.52. The zero-order valence-electron chi connectivity index (χ0n) is 21.4. The Balaban J connectivity index is 2.64. The highest BCUT2D eigenvalue weighted by Gasteiger charge is 2.29. The zero-order chi connectivity index (χ0) is 27.8. The van der Waals surface area contributed by atoms with Gasteiger partial charge >= 0.3 is 0 Å². The highest BCUT2D eigenvalue weighted by Crippen LogP contribution is 2.19. The number of imide groups is 1. The summed E-state index contributed by atoms with van der Waals surface area (Å²) in [7, 11) is 0. The molecule has 1 rings (SSSR count). The van der Waals surface area contributed by atoms with E-state index in [0.29, 0.717) is 13.2 Å². The summed E-state index contributed by atoms with van der Waals surface area (Å²) in [5.41, 5.74) is 4.50. The molecule has 0 saturated heterocycles. The molecule has 1 atom stereocenters. The topological polar surface area (TPSA) is 212 Å². The second kappa shape index (κ2) is 16.4. The van der Waals surface area contributed by atoms with Crippen LogP contribution in [0.2, 0.25) is 0 Å². The minimum absolute atomic E-state index is 0.0121. The summed E-state index contributed by atoms with van der Waals surface area (Å²) in [6.07, 6.45) is 3.84. The van der Waals surface area contributed by atoms with Crippen molar-refractivity contribution in [3.05, 3.63) is 12.2 Å². The van der Waals surface area contributed by atoms with E-state index in [4.69, 9.17) is 10.8 Å². The molecular formula is C23H39N7O7. The van der Waals surface area contributed by atoms with Crippen LogP contribution in [0.15, 0.2) is 12.2 Å². The fraction of sp³-hybridized carbons (Fsp3) is 0.652. The molecule has 1 unspecified atom stereocenters. The predicted molar refractivity (Wildman–Crippen MR) is 133 cm³/mol. The number of aliphatic hydroxyl groups is 1. The number of nitrogens with zero attached hydrogens (tertiary/aromatic N) is 1.